The van der Waals surface area contributed by atoms with Crippen LogP contribution in [-0.2, 0) is 0 Å². The van der Waals surface area contributed by atoms with E-state index in [9.17, 15) is 0 Å². The van der Waals surface area contributed by atoms with Crippen LogP contribution >= 0.6 is 0 Å². The number of pyridine rings is 1. The van der Waals surface area contributed by atoms with Crippen LogP contribution in [-0.4, -0.2) is 31.7 Å². The molecule has 6 nitrogen and oxygen atoms in total. The van der Waals surface area contributed by atoms with Crippen LogP contribution in [0.25, 0.3) is 16.9 Å². The molecule has 118 valence electrons. The van der Waals surface area contributed by atoms with Crippen LogP contribution in [0.15, 0.2) is 36.7 Å². The molecule has 3 heterocycles. The Bertz CT molecular complexity index is 840. The molecular formula is C17H20N6. The summed E-state index contributed by atoms with van der Waals surface area (Å²) in [5.74, 6) is 0.962. The van der Waals surface area contributed by atoms with E-state index in [4.69, 9.17) is 10.7 Å². The van der Waals surface area contributed by atoms with Gasteiger partial charge in [0.25, 0.3) is 0 Å². The Labute approximate surface area is 134 Å². The molecule has 1 aliphatic carbocycles. The van der Waals surface area contributed by atoms with E-state index < -0.39 is 0 Å². The minimum atomic E-state index is 0.296. The molecule has 23 heavy (non-hydrogen) atoms. The minimum Gasteiger partial charge on any atom is -0.367 e. The Morgan fingerprint density at radius 2 is 2.13 bits per heavy atom. The van der Waals surface area contributed by atoms with Gasteiger partial charge in [0.2, 0.25) is 0 Å². The quantitative estimate of drug-likeness (QED) is 0.776. The summed E-state index contributed by atoms with van der Waals surface area (Å²) in [6.07, 6.45) is 6.75. The molecule has 4 rings (SSSR count). The maximum absolute atomic E-state index is 6.03. The highest BCUT2D eigenvalue weighted by molar-refractivity contribution is 5.66. The van der Waals surface area contributed by atoms with Crippen molar-refractivity contribution in [3.05, 3.63) is 42.4 Å². The number of nitrogens with one attached hydrogen (secondary N) is 1. The van der Waals surface area contributed by atoms with Crippen molar-refractivity contribution in [3.63, 3.8) is 0 Å². The van der Waals surface area contributed by atoms with E-state index >= 15 is 0 Å². The van der Waals surface area contributed by atoms with E-state index in [1.807, 2.05) is 35.8 Å². The van der Waals surface area contributed by atoms with Gasteiger partial charge in [0.15, 0.2) is 5.65 Å². The lowest BCUT2D eigenvalue weighted by atomic mass is 10.1. The molecule has 1 aliphatic rings. The lowest BCUT2D eigenvalue weighted by Gasteiger charge is -2.16. The molecule has 3 aromatic rings. The van der Waals surface area contributed by atoms with Gasteiger partial charge < -0.3 is 11.1 Å². The molecule has 0 bridgehead atoms. The van der Waals surface area contributed by atoms with E-state index in [0.29, 0.717) is 12.1 Å². The fourth-order valence-corrected chi connectivity index (χ4v) is 3.23. The highest BCUT2D eigenvalue weighted by atomic mass is 15.3. The monoisotopic (exact) mass is 308 g/mol. The first-order valence-corrected chi connectivity index (χ1v) is 7.99. The molecular weight excluding hydrogens is 288 g/mol. The summed E-state index contributed by atoms with van der Waals surface area (Å²) < 4.78 is 1.85. The lowest BCUT2D eigenvalue weighted by Crippen LogP contribution is -2.22. The van der Waals surface area contributed by atoms with Crippen molar-refractivity contribution in [1.82, 2.24) is 19.6 Å². The molecule has 1 saturated carbocycles. The second kappa shape index (κ2) is 5.62. The molecule has 3 N–H and O–H groups in total. The molecule has 0 radical (unpaired) electrons. The topological polar surface area (TPSA) is 81.1 Å². The smallest absolute Gasteiger partial charge is 0.157 e. The lowest BCUT2D eigenvalue weighted by molar-refractivity contribution is 0.684. The number of fused-ring (bicyclic) bond motifs is 1. The van der Waals surface area contributed by atoms with E-state index in [1.165, 1.54) is 0 Å². The highest BCUT2D eigenvalue weighted by Gasteiger charge is 2.22. The van der Waals surface area contributed by atoms with Crippen molar-refractivity contribution in [3.8, 4) is 11.3 Å². The second-order valence-corrected chi connectivity index (χ2v) is 6.23. The van der Waals surface area contributed by atoms with Gasteiger partial charge in [-0.05, 0) is 38.3 Å². The molecule has 0 amide bonds. The first kappa shape index (κ1) is 14.1. The van der Waals surface area contributed by atoms with E-state index in [0.717, 1.165) is 47.7 Å². The number of aryl methyl sites for hydroxylation is 1. The van der Waals surface area contributed by atoms with Gasteiger partial charge in [-0.15, -0.1) is 0 Å². The van der Waals surface area contributed by atoms with Crippen molar-refractivity contribution < 1.29 is 0 Å². The number of rotatable bonds is 3. The van der Waals surface area contributed by atoms with Crippen LogP contribution in [0.5, 0.6) is 0 Å². The van der Waals surface area contributed by atoms with Crippen LogP contribution < -0.4 is 11.1 Å². The molecule has 6 heteroatoms. The molecule has 3 aromatic heterocycles. The number of aromatic nitrogens is 4. The van der Waals surface area contributed by atoms with Crippen molar-refractivity contribution in [2.24, 2.45) is 5.73 Å². The van der Waals surface area contributed by atoms with Gasteiger partial charge >= 0.3 is 0 Å². The average Bonchev–Trinajstić information content (AvgIpc) is 3.16. The number of nitrogens with zero attached hydrogens (tertiary/aromatic N) is 4. The second-order valence-electron chi connectivity index (χ2n) is 6.23. The zero-order chi connectivity index (χ0) is 15.8. The fraction of sp³-hybridized carbons (Fsp3) is 0.353. The number of hydrogen-bond donors (Lipinski definition) is 2. The molecule has 2 atom stereocenters. The van der Waals surface area contributed by atoms with Crippen LogP contribution in [0.2, 0.25) is 0 Å². The number of hydrogen-bond acceptors (Lipinski definition) is 5. The Morgan fingerprint density at radius 1 is 1.22 bits per heavy atom. The number of nitrogens with two attached hydrogens (primary N) is 1. The van der Waals surface area contributed by atoms with Crippen LogP contribution in [0.3, 0.4) is 0 Å². The van der Waals surface area contributed by atoms with Crippen molar-refractivity contribution in [1.29, 1.82) is 0 Å². The first-order valence-electron chi connectivity index (χ1n) is 7.99. The van der Waals surface area contributed by atoms with Gasteiger partial charge in [-0.2, -0.15) is 9.61 Å². The Morgan fingerprint density at radius 3 is 2.91 bits per heavy atom. The third kappa shape index (κ3) is 2.77. The van der Waals surface area contributed by atoms with E-state index in [2.05, 4.69) is 21.5 Å². The normalized spacial score (nSPS) is 21.0. The first-order chi connectivity index (χ1) is 11.2. The molecule has 0 aliphatic heterocycles. The summed E-state index contributed by atoms with van der Waals surface area (Å²) in [6.45, 7) is 1.99. The van der Waals surface area contributed by atoms with Gasteiger partial charge in [0, 0.05) is 41.7 Å². The van der Waals surface area contributed by atoms with Gasteiger partial charge in [-0.1, -0.05) is 0 Å². The predicted octanol–water partition coefficient (Wildman–Crippen LogP) is 2.39. The largest absolute Gasteiger partial charge is 0.367 e. The maximum Gasteiger partial charge on any atom is 0.157 e. The summed E-state index contributed by atoms with van der Waals surface area (Å²) in [7, 11) is 0. The zero-order valence-corrected chi connectivity index (χ0v) is 13.1. The van der Waals surface area contributed by atoms with Crippen molar-refractivity contribution in [2.75, 3.05) is 5.32 Å². The molecule has 0 spiro atoms. The van der Waals surface area contributed by atoms with Crippen LogP contribution in [0, 0.1) is 6.92 Å². The standard InChI is InChI=1S/C17H20N6/c1-11-8-12(4-6-19-11)15-10-17(21-14-3-2-13(18)9-14)23-16(22-15)5-7-20-23/h4-8,10,13-14,21H,2-3,9,18H2,1H3/t13-,14-/m0/s1. The van der Waals surface area contributed by atoms with E-state index in [1.54, 1.807) is 6.20 Å². The van der Waals surface area contributed by atoms with Gasteiger partial charge in [0.1, 0.15) is 5.82 Å². The summed E-state index contributed by atoms with van der Waals surface area (Å²) in [5, 5.41) is 7.97. The Kier molecular flexibility index (Phi) is 3.46. The van der Waals surface area contributed by atoms with Crippen molar-refractivity contribution in [2.45, 2.75) is 38.3 Å². The predicted molar refractivity (Wildman–Crippen MR) is 90.2 cm³/mol. The van der Waals surface area contributed by atoms with Gasteiger partial charge in [-0.25, -0.2) is 4.98 Å². The molecule has 1 fully saturated rings. The summed E-state index contributed by atoms with van der Waals surface area (Å²) in [4.78, 5) is 8.96. The van der Waals surface area contributed by atoms with Gasteiger partial charge in [0.05, 0.1) is 11.9 Å². The van der Waals surface area contributed by atoms with Crippen molar-refractivity contribution >= 4 is 11.5 Å². The number of anilines is 1. The average molecular weight is 308 g/mol. The zero-order valence-electron chi connectivity index (χ0n) is 13.1. The van der Waals surface area contributed by atoms with Crippen LogP contribution in [0.4, 0.5) is 5.82 Å². The minimum absolute atomic E-state index is 0.296. The summed E-state index contributed by atoms with van der Waals surface area (Å²) >= 11 is 0. The third-order valence-corrected chi connectivity index (χ3v) is 4.38. The highest BCUT2D eigenvalue weighted by Crippen LogP contribution is 2.26. The molecule has 0 saturated heterocycles. The van der Waals surface area contributed by atoms with E-state index in [-0.39, 0.29) is 0 Å². The Hall–Kier alpha value is -2.47. The summed E-state index contributed by atoms with van der Waals surface area (Å²) in [5.41, 5.74) is 9.83. The van der Waals surface area contributed by atoms with Gasteiger partial charge in [-0.3, -0.25) is 4.98 Å². The maximum atomic E-state index is 6.03. The van der Waals surface area contributed by atoms with Crippen LogP contribution in [0.1, 0.15) is 25.0 Å². The SMILES string of the molecule is Cc1cc(-c2cc(N[C@H]3CC[C@H](N)C3)n3nccc3n2)ccn1. The fourth-order valence-electron chi connectivity index (χ4n) is 3.23. The Balaban J connectivity index is 1.75. The summed E-state index contributed by atoms with van der Waals surface area (Å²) in [6, 6.07) is 8.69. The molecule has 0 aromatic carbocycles. The third-order valence-electron chi connectivity index (χ3n) is 4.38. The molecule has 0 unspecified atom stereocenters.